The summed E-state index contributed by atoms with van der Waals surface area (Å²) in [5.74, 6) is 1.93. The summed E-state index contributed by atoms with van der Waals surface area (Å²) >= 11 is 1.20. The van der Waals surface area contributed by atoms with Gasteiger partial charge in [0.2, 0.25) is 5.91 Å². The smallest absolute Gasteiger partial charge is 0.262 e. The van der Waals surface area contributed by atoms with Gasteiger partial charge >= 0.3 is 0 Å². The lowest BCUT2D eigenvalue weighted by Gasteiger charge is -2.27. The van der Waals surface area contributed by atoms with Crippen LogP contribution in [0.2, 0.25) is 0 Å². The van der Waals surface area contributed by atoms with Crippen LogP contribution in [-0.2, 0) is 14.3 Å². The van der Waals surface area contributed by atoms with Crippen LogP contribution in [0.15, 0.2) is 30.3 Å². The molecule has 0 spiro atoms. The molecular formula is C23H23N3O4S. The van der Waals surface area contributed by atoms with Gasteiger partial charge in [-0.05, 0) is 49.2 Å². The second-order valence-corrected chi connectivity index (χ2v) is 8.84. The van der Waals surface area contributed by atoms with Crippen LogP contribution in [0.4, 0.5) is 11.4 Å². The number of aryl methyl sites for hydroxylation is 1. The molecule has 1 atom stereocenters. The lowest BCUT2D eigenvalue weighted by molar-refractivity contribution is -0.122. The summed E-state index contributed by atoms with van der Waals surface area (Å²) in [7, 11) is 0. The Balaban J connectivity index is 1.50. The van der Waals surface area contributed by atoms with Crippen molar-refractivity contribution in [3.63, 3.8) is 0 Å². The molecular weight excluding hydrogens is 414 g/mol. The van der Waals surface area contributed by atoms with Crippen LogP contribution in [0.25, 0.3) is 0 Å². The Kier molecular flexibility index (Phi) is 5.81. The Morgan fingerprint density at radius 1 is 1.29 bits per heavy atom. The quantitative estimate of drug-likeness (QED) is 0.704. The Morgan fingerprint density at radius 3 is 2.74 bits per heavy atom. The fourth-order valence-corrected chi connectivity index (χ4v) is 4.62. The van der Waals surface area contributed by atoms with Gasteiger partial charge in [-0.15, -0.1) is 17.8 Å². The fourth-order valence-electron chi connectivity index (χ4n) is 3.91. The first-order valence-corrected chi connectivity index (χ1v) is 10.9. The third-order valence-electron chi connectivity index (χ3n) is 5.60. The molecule has 0 saturated carbocycles. The minimum Gasteiger partial charge on any atom is -0.378 e. The molecule has 160 valence electrons. The second kappa shape index (κ2) is 8.53. The Labute approximate surface area is 184 Å². The summed E-state index contributed by atoms with van der Waals surface area (Å²) in [6.45, 7) is 3.09. The normalized spacial score (nSPS) is 20.5. The van der Waals surface area contributed by atoms with E-state index in [1.807, 2.05) is 19.1 Å². The summed E-state index contributed by atoms with van der Waals surface area (Å²) in [5, 5.41) is 5.76. The summed E-state index contributed by atoms with van der Waals surface area (Å²) in [4.78, 5) is 40.8. The number of hydrogen-bond acceptors (Lipinski definition) is 5. The lowest BCUT2D eigenvalue weighted by atomic mass is 9.96. The molecule has 1 aromatic heterocycles. The maximum absolute atomic E-state index is 13.2. The minimum absolute atomic E-state index is 0.0945. The zero-order chi connectivity index (χ0) is 22.0. The highest BCUT2D eigenvalue weighted by Crippen LogP contribution is 2.29. The van der Waals surface area contributed by atoms with Crippen molar-refractivity contribution in [2.75, 3.05) is 30.0 Å². The summed E-state index contributed by atoms with van der Waals surface area (Å²) in [5.41, 5.74) is 1.20. The molecule has 31 heavy (non-hydrogen) atoms. The van der Waals surface area contributed by atoms with Crippen molar-refractivity contribution in [3.05, 3.63) is 45.6 Å². The van der Waals surface area contributed by atoms with E-state index in [4.69, 9.17) is 11.2 Å². The van der Waals surface area contributed by atoms with Gasteiger partial charge in [-0.1, -0.05) is 5.92 Å². The molecule has 2 aliphatic heterocycles. The number of benzene rings is 1. The van der Waals surface area contributed by atoms with E-state index in [0.717, 1.165) is 17.7 Å². The first-order valence-electron chi connectivity index (χ1n) is 10.1. The van der Waals surface area contributed by atoms with Crippen LogP contribution in [0.5, 0.6) is 0 Å². The standard InChI is InChI=1S/C23H23N3O4S/c1-3-17-7-9-19(31-17)21(28)25-23(10-12-30-14-23)22(29)24-16-6-8-18(15(2)13-16)26-11-4-5-20(26)27/h1,6-9,13H,4-5,10-12,14H2,2H3,(H,24,29)(H,25,28). The van der Waals surface area contributed by atoms with E-state index >= 15 is 0 Å². The van der Waals surface area contributed by atoms with Gasteiger partial charge < -0.3 is 20.3 Å². The van der Waals surface area contributed by atoms with Crippen molar-refractivity contribution in [1.29, 1.82) is 0 Å². The third kappa shape index (κ3) is 4.20. The number of ether oxygens (including phenoxy) is 1. The van der Waals surface area contributed by atoms with Gasteiger partial charge in [-0.25, -0.2) is 0 Å². The molecule has 1 aromatic carbocycles. The van der Waals surface area contributed by atoms with Crippen molar-refractivity contribution in [1.82, 2.24) is 5.32 Å². The van der Waals surface area contributed by atoms with Gasteiger partial charge in [0.1, 0.15) is 5.54 Å². The fraction of sp³-hybridized carbons (Fsp3) is 0.348. The summed E-state index contributed by atoms with van der Waals surface area (Å²) in [6, 6.07) is 8.81. The molecule has 0 radical (unpaired) electrons. The SMILES string of the molecule is C#Cc1ccc(C(=O)NC2(C(=O)Nc3ccc(N4CCCC4=O)c(C)c3)CCOC2)s1. The lowest BCUT2D eigenvalue weighted by Crippen LogP contribution is -2.57. The van der Waals surface area contributed by atoms with Crippen molar-refractivity contribution in [2.45, 2.75) is 31.7 Å². The van der Waals surface area contributed by atoms with Crippen molar-refractivity contribution in [2.24, 2.45) is 0 Å². The predicted molar refractivity (Wildman–Crippen MR) is 119 cm³/mol. The monoisotopic (exact) mass is 437 g/mol. The van der Waals surface area contributed by atoms with Crippen LogP contribution in [0.3, 0.4) is 0 Å². The predicted octanol–water partition coefficient (Wildman–Crippen LogP) is 2.69. The molecule has 0 bridgehead atoms. The second-order valence-electron chi connectivity index (χ2n) is 7.75. The molecule has 2 fully saturated rings. The number of carbonyl (C=O) groups excluding carboxylic acids is 3. The highest BCUT2D eigenvalue weighted by molar-refractivity contribution is 7.14. The zero-order valence-corrected chi connectivity index (χ0v) is 18.0. The Bertz CT molecular complexity index is 1080. The first-order chi connectivity index (χ1) is 14.9. The van der Waals surface area contributed by atoms with Gasteiger partial charge in [-0.2, -0.15) is 0 Å². The summed E-state index contributed by atoms with van der Waals surface area (Å²) < 4.78 is 5.46. The highest BCUT2D eigenvalue weighted by Gasteiger charge is 2.44. The van der Waals surface area contributed by atoms with Crippen LogP contribution < -0.4 is 15.5 Å². The van der Waals surface area contributed by atoms with Crippen LogP contribution in [0, 0.1) is 19.3 Å². The van der Waals surface area contributed by atoms with E-state index in [2.05, 4.69) is 16.6 Å². The van der Waals surface area contributed by atoms with E-state index in [1.54, 1.807) is 23.1 Å². The molecule has 3 amide bonds. The van der Waals surface area contributed by atoms with Gasteiger partial charge in [-0.3, -0.25) is 14.4 Å². The minimum atomic E-state index is -1.16. The average molecular weight is 438 g/mol. The average Bonchev–Trinajstić information content (AvgIpc) is 3.49. The van der Waals surface area contributed by atoms with Crippen LogP contribution in [0.1, 0.15) is 39.4 Å². The number of hydrogen-bond donors (Lipinski definition) is 2. The Hall–Kier alpha value is -3.15. The Morgan fingerprint density at radius 2 is 2.13 bits per heavy atom. The summed E-state index contributed by atoms with van der Waals surface area (Å²) in [6.07, 6.45) is 7.17. The van der Waals surface area contributed by atoms with E-state index in [-0.39, 0.29) is 24.3 Å². The maximum Gasteiger partial charge on any atom is 0.262 e. The van der Waals surface area contributed by atoms with Gasteiger partial charge in [0.25, 0.3) is 11.8 Å². The molecule has 7 nitrogen and oxygen atoms in total. The number of carbonyl (C=O) groups is 3. The van der Waals surface area contributed by atoms with Crippen molar-refractivity contribution < 1.29 is 19.1 Å². The molecule has 2 saturated heterocycles. The highest BCUT2D eigenvalue weighted by atomic mass is 32.1. The van der Waals surface area contributed by atoms with Crippen molar-refractivity contribution in [3.8, 4) is 12.3 Å². The zero-order valence-electron chi connectivity index (χ0n) is 17.2. The topological polar surface area (TPSA) is 87.7 Å². The van der Waals surface area contributed by atoms with E-state index in [1.165, 1.54) is 11.3 Å². The first kappa shape index (κ1) is 21.1. The number of thiophene rings is 1. The van der Waals surface area contributed by atoms with Crippen molar-refractivity contribution >= 4 is 40.4 Å². The maximum atomic E-state index is 13.2. The number of anilines is 2. The van der Waals surface area contributed by atoms with Gasteiger partial charge in [0, 0.05) is 37.4 Å². The molecule has 8 heteroatoms. The largest absolute Gasteiger partial charge is 0.378 e. The van der Waals surface area contributed by atoms with E-state index < -0.39 is 5.54 Å². The molecule has 3 heterocycles. The molecule has 2 aromatic rings. The van der Waals surface area contributed by atoms with Crippen LogP contribution in [-0.4, -0.2) is 43.0 Å². The molecule has 1 unspecified atom stereocenters. The van der Waals surface area contributed by atoms with E-state index in [0.29, 0.717) is 41.4 Å². The molecule has 0 aliphatic carbocycles. The third-order valence-corrected chi connectivity index (χ3v) is 6.62. The van der Waals surface area contributed by atoms with Crippen LogP contribution >= 0.6 is 11.3 Å². The number of rotatable bonds is 5. The van der Waals surface area contributed by atoms with Gasteiger partial charge in [0.15, 0.2) is 0 Å². The number of nitrogens with one attached hydrogen (secondary N) is 2. The molecule has 2 aliphatic rings. The number of nitrogens with zero attached hydrogens (tertiary/aromatic N) is 1. The molecule has 2 N–H and O–H groups in total. The number of terminal acetylenes is 1. The number of amides is 3. The molecule has 4 rings (SSSR count). The van der Waals surface area contributed by atoms with E-state index in [9.17, 15) is 14.4 Å². The van der Waals surface area contributed by atoms with Gasteiger partial charge in [0.05, 0.1) is 16.4 Å².